The first-order chi connectivity index (χ1) is 9.80. The fourth-order valence-corrected chi connectivity index (χ4v) is 2.64. The predicted molar refractivity (Wildman–Crippen MR) is 79.6 cm³/mol. The maximum Gasteiger partial charge on any atom is 0.161 e. The highest BCUT2D eigenvalue weighted by Gasteiger charge is 2.23. The molecule has 0 amide bonds. The SMILES string of the molecule is CCCC(OC)C(NCC)c1ccc2c(c1)OCCO2. The van der Waals surface area contributed by atoms with Crippen LogP contribution in [0.5, 0.6) is 11.5 Å². The zero-order valence-corrected chi connectivity index (χ0v) is 12.6. The number of methoxy groups -OCH3 is 1. The van der Waals surface area contributed by atoms with Crippen molar-refractivity contribution >= 4 is 0 Å². The largest absolute Gasteiger partial charge is 0.486 e. The van der Waals surface area contributed by atoms with Gasteiger partial charge in [0.1, 0.15) is 13.2 Å². The van der Waals surface area contributed by atoms with Gasteiger partial charge in [0.15, 0.2) is 11.5 Å². The highest BCUT2D eigenvalue weighted by atomic mass is 16.6. The highest BCUT2D eigenvalue weighted by Crippen LogP contribution is 2.34. The van der Waals surface area contributed by atoms with Gasteiger partial charge < -0.3 is 19.5 Å². The minimum absolute atomic E-state index is 0.169. The monoisotopic (exact) mass is 279 g/mol. The van der Waals surface area contributed by atoms with Crippen LogP contribution in [-0.2, 0) is 4.74 Å². The third-order valence-electron chi connectivity index (χ3n) is 3.60. The molecule has 0 aromatic heterocycles. The number of rotatable bonds is 7. The van der Waals surface area contributed by atoms with Crippen molar-refractivity contribution in [1.82, 2.24) is 5.32 Å². The second-order valence-electron chi connectivity index (χ2n) is 5.00. The molecule has 2 unspecified atom stereocenters. The average molecular weight is 279 g/mol. The van der Waals surface area contributed by atoms with Crippen molar-refractivity contribution in [2.24, 2.45) is 0 Å². The Hall–Kier alpha value is -1.26. The predicted octanol–water partition coefficient (Wildman–Crippen LogP) is 2.92. The Balaban J connectivity index is 2.23. The average Bonchev–Trinajstić information content (AvgIpc) is 2.50. The van der Waals surface area contributed by atoms with Crippen LogP contribution < -0.4 is 14.8 Å². The number of hydrogen-bond acceptors (Lipinski definition) is 4. The lowest BCUT2D eigenvalue weighted by Gasteiger charge is -2.28. The van der Waals surface area contributed by atoms with Crippen molar-refractivity contribution < 1.29 is 14.2 Å². The summed E-state index contributed by atoms with van der Waals surface area (Å²) >= 11 is 0. The molecule has 1 aliphatic rings. The molecule has 0 saturated heterocycles. The lowest BCUT2D eigenvalue weighted by atomic mass is 9.97. The number of likely N-dealkylation sites (N-methyl/N-ethyl adjacent to an activating group) is 1. The fourth-order valence-electron chi connectivity index (χ4n) is 2.64. The summed E-state index contributed by atoms with van der Waals surface area (Å²) in [6.07, 6.45) is 2.30. The molecule has 0 fully saturated rings. The third kappa shape index (κ3) is 3.44. The smallest absolute Gasteiger partial charge is 0.161 e. The zero-order chi connectivity index (χ0) is 14.4. The summed E-state index contributed by atoms with van der Waals surface area (Å²) in [6.45, 7) is 6.44. The molecule has 1 aromatic carbocycles. The minimum Gasteiger partial charge on any atom is -0.486 e. The molecule has 1 aliphatic heterocycles. The number of benzene rings is 1. The summed E-state index contributed by atoms with van der Waals surface area (Å²) in [5.74, 6) is 1.67. The molecule has 4 heteroatoms. The van der Waals surface area contributed by atoms with E-state index in [0.29, 0.717) is 13.2 Å². The van der Waals surface area contributed by atoms with E-state index in [0.717, 1.165) is 30.9 Å². The van der Waals surface area contributed by atoms with E-state index in [-0.39, 0.29) is 12.1 Å². The van der Waals surface area contributed by atoms with Crippen LogP contribution in [0.2, 0.25) is 0 Å². The molecular weight excluding hydrogens is 254 g/mol. The Morgan fingerprint density at radius 2 is 1.95 bits per heavy atom. The van der Waals surface area contributed by atoms with E-state index in [2.05, 4.69) is 31.3 Å². The van der Waals surface area contributed by atoms with E-state index in [4.69, 9.17) is 14.2 Å². The van der Waals surface area contributed by atoms with Crippen LogP contribution in [0, 0.1) is 0 Å². The summed E-state index contributed by atoms with van der Waals surface area (Å²) in [6, 6.07) is 6.35. The maximum absolute atomic E-state index is 5.67. The molecule has 0 saturated carbocycles. The lowest BCUT2D eigenvalue weighted by molar-refractivity contribution is 0.0609. The lowest BCUT2D eigenvalue weighted by Crippen LogP contribution is -2.33. The van der Waals surface area contributed by atoms with Crippen molar-refractivity contribution in [3.8, 4) is 11.5 Å². The van der Waals surface area contributed by atoms with Gasteiger partial charge in [-0.2, -0.15) is 0 Å². The van der Waals surface area contributed by atoms with Crippen LogP contribution in [0.15, 0.2) is 18.2 Å². The molecule has 0 aliphatic carbocycles. The van der Waals surface area contributed by atoms with E-state index in [1.54, 1.807) is 7.11 Å². The Bertz CT molecular complexity index is 422. The first kappa shape index (κ1) is 15.1. The molecule has 1 aromatic rings. The van der Waals surface area contributed by atoms with Crippen LogP contribution in [0.1, 0.15) is 38.3 Å². The summed E-state index contributed by atoms with van der Waals surface area (Å²) < 4.78 is 16.9. The van der Waals surface area contributed by atoms with Gasteiger partial charge in [0, 0.05) is 7.11 Å². The molecular formula is C16H25NO3. The normalized spacial score (nSPS) is 16.8. The molecule has 4 nitrogen and oxygen atoms in total. The van der Waals surface area contributed by atoms with Crippen molar-refractivity contribution in [1.29, 1.82) is 0 Å². The molecule has 1 N–H and O–H groups in total. The first-order valence-electron chi connectivity index (χ1n) is 7.45. The van der Waals surface area contributed by atoms with Crippen molar-refractivity contribution in [3.63, 3.8) is 0 Å². The Morgan fingerprint density at radius 1 is 1.20 bits per heavy atom. The Kier molecular flexibility index (Phi) is 5.68. The molecule has 112 valence electrons. The summed E-state index contributed by atoms with van der Waals surface area (Å²) in [4.78, 5) is 0. The third-order valence-corrected chi connectivity index (χ3v) is 3.60. The second kappa shape index (κ2) is 7.50. The van der Waals surface area contributed by atoms with Gasteiger partial charge in [-0.15, -0.1) is 0 Å². The van der Waals surface area contributed by atoms with Crippen LogP contribution in [0.4, 0.5) is 0 Å². The van der Waals surface area contributed by atoms with Gasteiger partial charge in [-0.3, -0.25) is 0 Å². The van der Waals surface area contributed by atoms with E-state index in [9.17, 15) is 0 Å². The van der Waals surface area contributed by atoms with Gasteiger partial charge in [-0.05, 0) is 30.7 Å². The molecule has 0 bridgehead atoms. The van der Waals surface area contributed by atoms with Gasteiger partial charge in [0.05, 0.1) is 12.1 Å². The highest BCUT2D eigenvalue weighted by molar-refractivity contribution is 5.44. The van der Waals surface area contributed by atoms with E-state index >= 15 is 0 Å². The molecule has 2 atom stereocenters. The Labute approximate surface area is 121 Å². The molecule has 20 heavy (non-hydrogen) atoms. The van der Waals surface area contributed by atoms with Crippen LogP contribution in [0.3, 0.4) is 0 Å². The number of fused-ring (bicyclic) bond motifs is 1. The quantitative estimate of drug-likeness (QED) is 0.833. The number of nitrogens with one attached hydrogen (secondary N) is 1. The first-order valence-corrected chi connectivity index (χ1v) is 7.45. The fraction of sp³-hybridized carbons (Fsp3) is 0.625. The van der Waals surface area contributed by atoms with Crippen molar-refractivity contribution in [2.75, 3.05) is 26.9 Å². The molecule has 2 rings (SSSR count). The summed E-state index contributed by atoms with van der Waals surface area (Å²) in [7, 11) is 1.78. The van der Waals surface area contributed by atoms with Crippen molar-refractivity contribution in [3.05, 3.63) is 23.8 Å². The maximum atomic E-state index is 5.67. The summed E-state index contributed by atoms with van der Waals surface area (Å²) in [5, 5.41) is 3.52. The van der Waals surface area contributed by atoms with Gasteiger partial charge in [0.2, 0.25) is 0 Å². The van der Waals surface area contributed by atoms with Crippen LogP contribution >= 0.6 is 0 Å². The van der Waals surface area contributed by atoms with Gasteiger partial charge >= 0.3 is 0 Å². The van der Waals surface area contributed by atoms with E-state index in [1.807, 2.05) is 6.07 Å². The standard InChI is InChI=1S/C16H25NO3/c1-4-6-14(18-3)16(17-5-2)12-7-8-13-15(11-12)20-10-9-19-13/h7-8,11,14,16-17H,4-6,9-10H2,1-3H3. The Morgan fingerprint density at radius 3 is 2.60 bits per heavy atom. The second-order valence-corrected chi connectivity index (χ2v) is 5.00. The van der Waals surface area contributed by atoms with E-state index < -0.39 is 0 Å². The molecule has 0 radical (unpaired) electrons. The number of hydrogen-bond donors (Lipinski definition) is 1. The van der Waals surface area contributed by atoms with Gasteiger partial charge in [-0.25, -0.2) is 0 Å². The van der Waals surface area contributed by atoms with Gasteiger partial charge in [0.25, 0.3) is 0 Å². The number of ether oxygens (including phenoxy) is 3. The molecule has 1 heterocycles. The topological polar surface area (TPSA) is 39.7 Å². The molecule has 0 spiro atoms. The minimum atomic E-state index is 0.169. The van der Waals surface area contributed by atoms with Crippen LogP contribution in [-0.4, -0.2) is 33.0 Å². The van der Waals surface area contributed by atoms with Crippen LogP contribution in [0.25, 0.3) is 0 Å². The summed E-state index contributed by atoms with van der Waals surface area (Å²) in [5.41, 5.74) is 1.19. The zero-order valence-electron chi connectivity index (χ0n) is 12.6. The van der Waals surface area contributed by atoms with E-state index in [1.165, 1.54) is 5.56 Å². The van der Waals surface area contributed by atoms with Gasteiger partial charge in [-0.1, -0.05) is 26.3 Å². The van der Waals surface area contributed by atoms with Crippen molar-refractivity contribution in [2.45, 2.75) is 38.8 Å².